The van der Waals surface area contributed by atoms with Crippen molar-refractivity contribution < 1.29 is 19.1 Å². The molecular formula is C21H22N2O4. The zero-order valence-corrected chi connectivity index (χ0v) is 15.2. The van der Waals surface area contributed by atoms with E-state index in [0.717, 1.165) is 5.56 Å². The molecule has 2 amide bonds. The second kappa shape index (κ2) is 9.91. The van der Waals surface area contributed by atoms with Gasteiger partial charge in [-0.15, -0.1) is 6.58 Å². The standard InChI is InChI=1S/C21H22N2O4/c1-3-13-23(19-7-5-4-6-8-19)20(25)15-27-21(26)14-17-9-11-18(12-10-17)22-16(2)24/h3-12H,1,13-15H2,2H3,(H,22,24). The lowest BCUT2D eigenvalue weighted by Gasteiger charge is -2.21. The molecule has 6 nitrogen and oxygen atoms in total. The number of nitrogens with zero attached hydrogens (tertiary/aromatic N) is 1. The van der Waals surface area contributed by atoms with Crippen molar-refractivity contribution in [3.8, 4) is 0 Å². The van der Waals surface area contributed by atoms with E-state index in [1.54, 1.807) is 42.5 Å². The van der Waals surface area contributed by atoms with Crippen molar-refractivity contribution in [1.82, 2.24) is 0 Å². The first-order chi connectivity index (χ1) is 13.0. The maximum absolute atomic E-state index is 12.4. The molecule has 0 fully saturated rings. The van der Waals surface area contributed by atoms with Gasteiger partial charge in [0.15, 0.2) is 6.61 Å². The van der Waals surface area contributed by atoms with Crippen molar-refractivity contribution in [2.24, 2.45) is 0 Å². The predicted molar refractivity (Wildman–Crippen MR) is 104 cm³/mol. The molecule has 27 heavy (non-hydrogen) atoms. The van der Waals surface area contributed by atoms with Crippen molar-refractivity contribution in [1.29, 1.82) is 0 Å². The largest absolute Gasteiger partial charge is 0.455 e. The Balaban J connectivity index is 1.89. The molecule has 0 bridgehead atoms. The van der Waals surface area contributed by atoms with E-state index in [4.69, 9.17) is 4.74 Å². The molecule has 6 heteroatoms. The van der Waals surface area contributed by atoms with Crippen LogP contribution in [0.3, 0.4) is 0 Å². The van der Waals surface area contributed by atoms with Gasteiger partial charge in [0.2, 0.25) is 5.91 Å². The molecule has 0 atom stereocenters. The van der Waals surface area contributed by atoms with Gasteiger partial charge in [-0.2, -0.15) is 0 Å². The monoisotopic (exact) mass is 366 g/mol. The lowest BCUT2D eigenvalue weighted by atomic mass is 10.1. The summed E-state index contributed by atoms with van der Waals surface area (Å²) in [6.07, 6.45) is 1.66. The fourth-order valence-electron chi connectivity index (χ4n) is 2.44. The Labute approximate surface area is 158 Å². The van der Waals surface area contributed by atoms with Gasteiger partial charge in [0, 0.05) is 24.8 Å². The van der Waals surface area contributed by atoms with Gasteiger partial charge in [-0.3, -0.25) is 14.4 Å². The summed E-state index contributed by atoms with van der Waals surface area (Å²) in [4.78, 5) is 36.9. The molecule has 0 aliphatic rings. The summed E-state index contributed by atoms with van der Waals surface area (Å²) in [5.41, 5.74) is 2.09. The molecule has 140 valence electrons. The summed E-state index contributed by atoms with van der Waals surface area (Å²) in [5, 5.41) is 2.65. The van der Waals surface area contributed by atoms with Gasteiger partial charge < -0.3 is 15.0 Å². The van der Waals surface area contributed by atoms with Crippen LogP contribution in [0.1, 0.15) is 12.5 Å². The van der Waals surface area contributed by atoms with Crippen LogP contribution >= 0.6 is 0 Å². The van der Waals surface area contributed by atoms with Crippen LogP contribution in [0.25, 0.3) is 0 Å². The van der Waals surface area contributed by atoms with Gasteiger partial charge in [0.05, 0.1) is 6.42 Å². The van der Waals surface area contributed by atoms with Crippen molar-refractivity contribution in [2.45, 2.75) is 13.3 Å². The molecular weight excluding hydrogens is 344 g/mol. The van der Waals surface area contributed by atoms with Gasteiger partial charge >= 0.3 is 5.97 Å². The number of hydrogen-bond donors (Lipinski definition) is 1. The van der Waals surface area contributed by atoms with Crippen LogP contribution in [0.4, 0.5) is 11.4 Å². The number of carbonyl (C=O) groups excluding carboxylic acids is 3. The molecule has 2 aromatic rings. The smallest absolute Gasteiger partial charge is 0.310 e. The highest BCUT2D eigenvalue weighted by Crippen LogP contribution is 2.14. The van der Waals surface area contributed by atoms with Crippen molar-refractivity contribution in [3.05, 3.63) is 72.8 Å². The first-order valence-electron chi connectivity index (χ1n) is 8.48. The molecule has 0 spiro atoms. The Morgan fingerprint density at radius 2 is 1.74 bits per heavy atom. The molecule has 0 aliphatic carbocycles. The molecule has 0 heterocycles. The van der Waals surface area contributed by atoms with Crippen molar-refractivity contribution in [3.63, 3.8) is 0 Å². The number of carbonyl (C=O) groups is 3. The van der Waals surface area contributed by atoms with E-state index < -0.39 is 5.97 Å². The van der Waals surface area contributed by atoms with Gasteiger partial charge in [0.25, 0.3) is 5.91 Å². The van der Waals surface area contributed by atoms with E-state index in [1.807, 2.05) is 18.2 Å². The fourth-order valence-corrected chi connectivity index (χ4v) is 2.44. The summed E-state index contributed by atoms with van der Waals surface area (Å²) in [7, 11) is 0. The van der Waals surface area contributed by atoms with E-state index in [1.165, 1.54) is 11.8 Å². The number of benzene rings is 2. The van der Waals surface area contributed by atoms with Crippen LogP contribution in [0, 0.1) is 0 Å². The number of amides is 2. The fraction of sp³-hybridized carbons (Fsp3) is 0.190. The minimum Gasteiger partial charge on any atom is -0.455 e. The lowest BCUT2D eigenvalue weighted by molar-refractivity contribution is -0.147. The topological polar surface area (TPSA) is 75.7 Å². The molecule has 2 rings (SSSR count). The second-order valence-corrected chi connectivity index (χ2v) is 5.84. The second-order valence-electron chi connectivity index (χ2n) is 5.84. The Kier molecular flexibility index (Phi) is 7.31. The third-order valence-electron chi connectivity index (χ3n) is 3.66. The molecule has 1 N–H and O–H groups in total. The van der Waals surface area contributed by atoms with Crippen LogP contribution in [0.15, 0.2) is 67.3 Å². The van der Waals surface area contributed by atoms with Crippen LogP contribution < -0.4 is 10.2 Å². The van der Waals surface area contributed by atoms with Crippen LogP contribution in [0.5, 0.6) is 0 Å². The number of ether oxygens (including phenoxy) is 1. The summed E-state index contributed by atoms with van der Waals surface area (Å²) < 4.78 is 5.12. The van der Waals surface area contributed by atoms with E-state index >= 15 is 0 Å². The van der Waals surface area contributed by atoms with Gasteiger partial charge in [0.1, 0.15) is 0 Å². The Bertz CT molecular complexity index is 801. The number of nitrogens with one attached hydrogen (secondary N) is 1. The Morgan fingerprint density at radius 3 is 2.33 bits per heavy atom. The number of para-hydroxylation sites is 1. The number of hydrogen-bond acceptors (Lipinski definition) is 4. The lowest BCUT2D eigenvalue weighted by Crippen LogP contribution is -2.35. The maximum atomic E-state index is 12.4. The summed E-state index contributed by atoms with van der Waals surface area (Å²) >= 11 is 0. The number of anilines is 2. The number of esters is 1. The van der Waals surface area contributed by atoms with Crippen LogP contribution in [-0.2, 0) is 25.5 Å². The number of rotatable bonds is 8. The average Bonchev–Trinajstić information content (AvgIpc) is 2.66. The zero-order chi connectivity index (χ0) is 19.6. The SMILES string of the molecule is C=CCN(C(=O)COC(=O)Cc1ccc(NC(C)=O)cc1)c1ccccc1. The maximum Gasteiger partial charge on any atom is 0.310 e. The quantitative estimate of drug-likeness (QED) is 0.576. The third-order valence-corrected chi connectivity index (χ3v) is 3.66. The average molecular weight is 366 g/mol. The van der Waals surface area contributed by atoms with E-state index in [-0.39, 0.29) is 24.8 Å². The van der Waals surface area contributed by atoms with Crippen LogP contribution in [-0.4, -0.2) is 30.9 Å². The van der Waals surface area contributed by atoms with E-state index in [0.29, 0.717) is 17.9 Å². The molecule has 0 aromatic heterocycles. The first kappa shape index (κ1) is 19.9. The minimum absolute atomic E-state index is 0.0421. The normalized spacial score (nSPS) is 9.96. The minimum atomic E-state index is -0.498. The molecule has 0 unspecified atom stereocenters. The van der Waals surface area contributed by atoms with Crippen LogP contribution in [0.2, 0.25) is 0 Å². The molecule has 0 radical (unpaired) electrons. The van der Waals surface area contributed by atoms with Gasteiger partial charge in [-0.1, -0.05) is 36.4 Å². The van der Waals surface area contributed by atoms with Gasteiger partial charge in [-0.05, 0) is 29.8 Å². The molecule has 0 saturated heterocycles. The predicted octanol–water partition coefficient (Wildman–Crippen LogP) is 2.95. The Hall–Kier alpha value is -3.41. The van der Waals surface area contributed by atoms with E-state index in [9.17, 15) is 14.4 Å². The van der Waals surface area contributed by atoms with Crippen molar-refractivity contribution in [2.75, 3.05) is 23.4 Å². The van der Waals surface area contributed by atoms with Crippen molar-refractivity contribution >= 4 is 29.2 Å². The highest BCUT2D eigenvalue weighted by atomic mass is 16.5. The molecule has 2 aromatic carbocycles. The zero-order valence-electron chi connectivity index (χ0n) is 15.2. The first-order valence-corrected chi connectivity index (χ1v) is 8.48. The molecule has 0 saturated carbocycles. The van der Waals surface area contributed by atoms with E-state index in [2.05, 4.69) is 11.9 Å². The Morgan fingerprint density at radius 1 is 1.07 bits per heavy atom. The van der Waals surface area contributed by atoms with Gasteiger partial charge in [-0.25, -0.2) is 0 Å². The molecule has 0 aliphatic heterocycles. The summed E-state index contributed by atoms with van der Waals surface area (Å²) in [6, 6.07) is 16.0. The summed E-state index contributed by atoms with van der Waals surface area (Å²) in [5.74, 6) is -0.985. The highest BCUT2D eigenvalue weighted by molar-refractivity contribution is 5.95. The highest BCUT2D eigenvalue weighted by Gasteiger charge is 2.16. The summed E-state index contributed by atoms with van der Waals surface area (Å²) in [6.45, 7) is 5.06. The third kappa shape index (κ3) is 6.43.